The highest BCUT2D eigenvalue weighted by Gasteiger charge is 2.13. The van der Waals surface area contributed by atoms with Crippen LogP contribution >= 0.6 is 0 Å². The van der Waals surface area contributed by atoms with Crippen LogP contribution in [-0.4, -0.2) is 11.6 Å². The summed E-state index contributed by atoms with van der Waals surface area (Å²) in [4.78, 5) is 4.71. The average molecular weight is 408 g/mol. The van der Waals surface area contributed by atoms with E-state index in [-0.39, 0.29) is 0 Å². The molecule has 1 saturated carbocycles. The summed E-state index contributed by atoms with van der Waals surface area (Å²) >= 11 is 0. The molecule has 1 aliphatic carbocycles. The lowest BCUT2D eigenvalue weighted by atomic mass is 9.90. The van der Waals surface area contributed by atoms with Crippen molar-refractivity contribution in [2.75, 3.05) is 6.61 Å². The van der Waals surface area contributed by atoms with Crippen molar-refractivity contribution in [3.63, 3.8) is 0 Å². The molecule has 3 rings (SSSR count). The maximum Gasteiger partial charge on any atom is 0.119 e. The van der Waals surface area contributed by atoms with Crippen LogP contribution in [0.25, 0.3) is 11.3 Å². The third-order valence-corrected chi connectivity index (χ3v) is 6.50. The Morgan fingerprint density at radius 2 is 1.50 bits per heavy atom. The summed E-state index contributed by atoms with van der Waals surface area (Å²) in [5.74, 6) is 1.73. The van der Waals surface area contributed by atoms with E-state index in [1.165, 1.54) is 94.6 Å². The van der Waals surface area contributed by atoms with Crippen molar-refractivity contribution in [3.8, 4) is 17.0 Å². The summed E-state index contributed by atoms with van der Waals surface area (Å²) in [5.41, 5.74) is 3.57. The highest BCUT2D eigenvalue weighted by molar-refractivity contribution is 5.60. The molecule has 2 aromatic rings. The van der Waals surface area contributed by atoms with Gasteiger partial charge < -0.3 is 4.74 Å². The Morgan fingerprint density at radius 1 is 0.800 bits per heavy atom. The zero-order chi connectivity index (χ0) is 20.9. The van der Waals surface area contributed by atoms with E-state index in [4.69, 9.17) is 9.72 Å². The summed E-state index contributed by atoms with van der Waals surface area (Å²) in [6.07, 6.45) is 21.0. The minimum absolute atomic E-state index is 0.744. The maximum absolute atomic E-state index is 6.03. The van der Waals surface area contributed by atoms with Crippen LogP contribution in [0, 0.1) is 5.92 Å². The number of ether oxygens (including phenoxy) is 1. The Labute approximate surface area is 184 Å². The molecule has 2 heteroatoms. The SMILES string of the molecule is CCCCCCCCCCc1ccc(-c2ccc(OCC3CCCCC3)cc2)nc1. The van der Waals surface area contributed by atoms with Crippen LogP contribution in [0.3, 0.4) is 0 Å². The average Bonchev–Trinajstić information content (AvgIpc) is 2.81. The number of hydrogen-bond acceptors (Lipinski definition) is 2. The van der Waals surface area contributed by atoms with Crippen LogP contribution in [0.1, 0.15) is 96.0 Å². The number of aryl methyl sites for hydroxylation is 1. The van der Waals surface area contributed by atoms with Gasteiger partial charge in [-0.1, -0.05) is 77.2 Å². The van der Waals surface area contributed by atoms with Gasteiger partial charge in [-0.25, -0.2) is 0 Å². The fourth-order valence-corrected chi connectivity index (χ4v) is 4.50. The monoisotopic (exact) mass is 407 g/mol. The fraction of sp³-hybridized carbons (Fsp3) is 0.607. The molecule has 1 fully saturated rings. The lowest BCUT2D eigenvalue weighted by molar-refractivity contribution is 0.209. The zero-order valence-electron chi connectivity index (χ0n) is 19.1. The van der Waals surface area contributed by atoms with Crippen LogP contribution < -0.4 is 4.74 Å². The molecule has 0 radical (unpaired) electrons. The third kappa shape index (κ3) is 8.13. The van der Waals surface area contributed by atoms with Crippen molar-refractivity contribution in [1.82, 2.24) is 4.98 Å². The number of hydrogen-bond donors (Lipinski definition) is 0. The summed E-state index contributed by atoms with van der Waals surface area (Å²) in [7, 11) is 0. The molecule has 0 spiro atoms. The molecule has 30 heavy (non-hydrogen) atoms. The molecule has 0 unspecified atom stereocenters. The van der Waals surface area contributed by atoms with Crippen LogP contribution in [0.4, 0.5) is 0 Å². The number of nitrogens with zero attached hydrogens (tertiary/aromatic N) is 1. The quantitative estimate of drug-likeness (QED) is 0.311. The van der Waals surface area contributed by atoms with Gasteiger partial charge in [0.25, 0.3) is 0 Å². The summed E-state index contributed by atoms with van der Waals surface area (Å²) in [6, 6.07) is 12.9. The molecule has 1 aliphatic rings. The van der Waals surface area contributed by atoms with Crippen molar-refractivity contribution >= 4 is 0 Å². The molecular formula is C28H41NO. The van der Waals surface area contributed by atoms with Crippen LogP contribution in [0.15, 0.2) is 42.6 Å². The minimum Gasteiger partial charge on any atom is -0.493 e. The molecule has 0 atom stereocenters. The summed E-state index contributed by atoms with van der Waals surface area (Å²) < 4.78 is 6.03. The van der Waals surface area contributed by atoms with E-state index in [9.17, 15) is 0 Å². The molecule has 0 amide bonds. The molecule has 0 saturated heterocycles. The molecule has 0 N–H and O–H groups in total. The largest absolute Gasteiger partial charge is 0.493 e. The van der Waals surface area contributed by atoms with Crippen molar-refractivity contribution in [3.05, 3.63) is 48.2 Å². The number of rotatable bonds is 13. The van der Waals surface area contributed by atoms with E-state index in [2.05, 4.69) is 49.5 Å². The Balaban J connectivity index is 1.36. The smallest absolute Gasteiger partial charge is 0.119 e. The molecule has 1 aromatic heterocycles. The first-order chi connectivity index (χ1) is 14.8. The third-order valence-electron chi connectivity index (χ3n) is 6.50. The number of benzene rings is 1. The predicted octanol–water partition coefficient (Wildman–Crippen LogP) is 8.39. The predicted molar refractivity (Wildman–Crippen MR) is 128 cm³/mol. The maximum atomic E-state index is 6.03. The second-order valence-corrected chi connectivity index (χ2v) is 9.12. The van der Waals surface area contributed by atoms with Gasteiger partial charge in [0.15, 0.2) is 0 Å². The van der Waals surface area contributed by atoms with Crippen molar-refractivity contribution in [2.24, 2.45) is 5.92 Å². The fourth-order valence-electron chi connectivity index (χ4n) is 4.50. The van der Waals surface area contributed by atoms with Gasteiger partial charge in [0.1, 0.15) is 5.75 Å². The van der Waals surface area contributed by atoms with Crippen LogP contribution in [-0.2, 0) is 6.42 Å². The highest BCUT2D eigenvalue weighted by atomic mass is 16.5. The number of unbranched alkanes of at least 4 members (excludes halogenated alkanes) is 7. The van der Waals surface area contributed by atoms with E-state index in [1.54, 1.807) is 0 Å². The van der Waals surface area contributed by atoms with E-state index in [0.717, 1.165) is 30.4 Å². The Bertz CT molecular complexity index is 686. The second-order valence-electron chi connectivity index (χ2n) is 9.12. The number of pyridine rings is 1. The molecule has 1 heterocycles. The normalized spacial score (nSPS) is 14.7. The second kappa shape index (κ2) is 13.5. The lowest BCUT2D eigenvalue weighted by Crippen LogP contribution is -2.15. The summed E-state index contributed by atoms with van der Waals surface area (Å²) in [6.45, 7) is 3.15. The van der Waals surface area contributed by atoms with Gasteiger partial charge in [-0.15, -0.1) is 0 Å². The molecule has 2 nitrogen and oxygen atoms in total. The first-order valence-corrected chi connectivity index (χ1v) is 12.5. The van der Waals surface area contributed by atoms with Gasteiger partial charge in [0.05, 0.1) is 12.3 Å². The van der Waals surface area contributed by atoms with Gasteiger partial charge in [-0.3, -0.25) is 4.98 Å². The Kier molecular flexibility index (Phi) is 10.3. The molecular weight excluding hydrogens is 366 g/mol. The topological polar surface area (TPSA) is 22.1 Å². The zero-order valence-corrected chi connectivity index (χ0v) is 19.1. The Hall–Kier alpha value is -1.83. The number of aromatic nitrogens is 1. The Morgan fingerprint density at radius 3 is 2.17 bits per heavy atom. The molecule has 0 bridgehead atoms. The van der Waals surface area contributed by atoms with Crippen molar-refractivity contribution in [2.45, 2.75) is 96.8 Å². The molecule has 0 aliphatic heterocycles. The van der Waals surface area contributed by atoms with E-state index in [0.29, 0.717) is 0 Å². The van der Waals surface area contributed by atoms with E-state index < -0.39 is 0 Å². The van der Waals surface area contributed by atoms with Crippen LogP contribution in [0.2, 0.25) is 0 Å². The highest BCUT2D eigenvalue weighted by Crippen LogP contribution is 2.26. The summed E-state index contributed by atoms with van der Waals surface area (Å²) in [5, 5.41) is 0. The van der Waals surface area contributed by atoms with Gasteiger partial charge in [0.2, 0.25) is 0 Å². The molecule has 1 aromatic carbocycles. The van der Waals surface area contributed by atoms with Gasteiger partial charge in [-0.2, -0.15) is 0 Å². The van der Waals surface area contributed by atoms with E-state index >= 15 is 0 Å². The first kappa shape index (κ1) is 22.8. The van der Waals surface area contributed by atoms with E-state index in [1.807, 2.05) is 0 Å². The molecule has 164 valence electrons. The van der Waals surface area contributed by atoms with Crippen molar-refractivity contribution < 1.29 is 4.74 Å². The lowest BCUT2D eigenvalue weighted by Gasteiger charge is -2.21. The standard InChI is InChI=1S/C28H41NO/c1-2-3-4-5-6-7-8-10-13-24-16-21-28(29-22-24)26-17-19-27(20-18-26)30-23-25-14-11-9-12-15-25/h16-22,25H,2-15,23H2,1H3. The van der Waals surface area contributed by atoms with Gasteiger partial charge in [0, 0.05) is 11.8 Å². The van der Waals surface area contributed by atoms with Gasteiger partial charge >= 0.3 is 0 Å². The first-order valence-electron chi connectivity index (χ1n) is 12.5. The van der Waals surface area contributed by atoms with Crippen LogP contribution in [0.5, 0.6) is 5.75 Å². The van der Waals surface area contributed by atoms with Crippen molar-refractivity contribution in [1.29, 1.82) is 0 Å². The van der Waals surface area contributed by atoms with Gasteiger partial charge in [-0.05, 0) is 67.5 Å². The minimum atomic E-state index is 0.744.